The maximum absolute atomic E-state index is 13.9. The molecule has 0 aliphatic heterocycles. The van der Waals surface area contributed by atoms with Gasteiger partial charge in [0, 0.05) is 41.1 Å². The van der Waals surface area contributed by atoms with Crippen LogP contribution < -0.4 is 4.74 Å². The minimum atomic E-state index is -4.89. The third-order valence-electron chi connectivity index (χ3n) is 4.89. The molecule has 30 heavy (non-hydrogen) atoms. The van der Waals surface area contributed by atoms with Crippen LogP contribution in [0.1, 0.15) is 42.1 Å². The molecule has 0 aromatic carbocycles. The van der Waals surface area contributed by atoms with E-state index >= 15 is 0 Å². The fourth-order valence-corrected chi connectivity index (χ4v) is 3.97. The molecule has 1 aliphatic carbocycles. The molecule has 0 atom stereocenters. The zero-order valence-corrected chi connectivity index (χ0v) is 16.0. The van der Waals surface area contributed by atoms with Gasteiger partial charge < -0.3 is 14.4 Å². The van der Waals surface area contributed by atoms with Crippen LogP contribution in [0.25, 0.3) is 11.1 Å². The normalized spacial score (nSPS) is 13.8. The number of carbonyl (C=O) groups is 1. The second kappa shape index (κ2) is 7.60. The first kappa shape index (κ1) is 22.1. The van der Waals surface area contributed by atoms with Crippen molar-refractivity contribution >= 4 is 5.97 Å². The summed E-state index contributed by atoms with van der Waals surface area (Å²) in [6.45, 7) is 0.495. The third kappa shape index (κ3) is 4.03. The molecule has 0 radical (unpaired) electrons. The lowest BCUT2D eigenvalue weighted by atomic mass is 9.87. The fourth-order valence-electron chi connectivity index (χ4n) is 3.97. The van der Waals surface area contributed by atoms with Crippen LogP contribution in [0.15, 0.2) is 6.07 Å². The number of aromatic nitrogens is 2. The van der Waals surface area contributed by atoms with Gasteiger partial charge in [0.15, 0.2) is 0 Å². The molecule has 0 saturated carbocycles. The molecule has 2 heterocycles. The fraction of sp³-hybridized carbons (Fsp3) is 0.474. The van der Waals surface area contributed by atoms with Crippen molar-refractivity contribution in [3.63, 3.8) is 0 Å². The molecule has 0 fully saturated rings. The lowest BCUT2D eigenvalue weighted by molar-refractivity contribution is -0.141. The van der Waals surface area contributed by atoms with Gasteiger partial charge in [0.2, 0.25) is 5.88 Å². The molecule has 3 rings (SSSR count). The van der Waals surface area contributed by atoms with E-state index in [4.69, 9.17) is 4.74 Å². The summed E-state index contributed by atoms with van der Waals surface area (Å²) in [7, 11) is 0. The maximum Gasteiger partial charge on any atom is 0.417 e. The predicted octanol–water partition coefficient (Wildman–Crippen LogP) is 4.21. The first-order valence-corrected chi connectivity index (χ1v) is 9.08. The van der Waals surface area contributed by atoms with Gasteiger partial charge in [-0.2, -0.15) is 26.3 Å². The van der Waals surface area contributed by atoms with Gasteiger partial charge in [0.25, 0.3) is 0 Å². The number of fused-ring (bicyclic) bond motifs is 3. The van der Waals surface area contributed by atoms with Gasteiger partial charge in [-0.05, 0) is 19.3 Å². The zero-order valence-electron chi connectivity index (χ0n) is 16.0. The standard InChI is InChI=1S/C19H18F6N2O3/c1-3-13-10(7-28)16-14(27(13)8-18(20,21)22)5-4-12-17(16)11(19(23,24)25)6-15(26-12)30-9(2)29/h6,28H,3-5,7-8H2,1-2H3. The first-order valence-electron chi connectivity index (χ1n) is 9.08. The smallest absolute Gasteiger partial charge is 0.408 e. The van der Waals surface area contributed by atoms with Gasteiger partial charge >= 0.3 is 18.3 Å². The van der Waals surface area contributed by atoms with E-state index in [1.807, 2.05) is 0 Å². The number of aliphatic hydroxyl groups is 1. The molecule has 5 nitrogen and oxygen atoms in total. The predicted molar refractivity (Wildman–Crippen MR) is 92.7 cm³/mol. The molecule has 11 heteroatoms. The van der Waals surface area contributed by atoms with Crippen molar-refractivity contribution < 1.29 is 41.0 Å². The van der Waals surface area contributed by atoms with Gasteiger partial charge in [0.05, 0.1) is 17.9 Å². The molecule has 1 aliphatic rings. The number of hydrogen-bond acceptors (Lipinski definition) is 4. The number of aliphatic hydroxyl groups excluding tert-OH is 1. The second-order valence-corrected chi connectivity index (χ2v) is 6.88. The highest BCUT2D eigenvalue weighted by molar-refractivity contribution is 5.80. The number of hydrogen-bond donors (Lipinski definition) is 1. The second-order valence-electron chi connectivity index (χ2n) is 6.88. The molecule has 0 bridgehead atoms. The largest absolute Gasteiger partial charge is 0.417 e. The molecular weight excluding hydrogens is 418 g/mol. The Morgan fingerprint density at radius 2 is 1.87 bits per heavy atom. The quantitative estimate of drug-likeness (QED) is 0.576. The molecule has 0 spiro atoms. The van der Waals surface area contributed by atoms with Crippen LogP contribution in [-0.2, 0) is 43.4 Å². The highest BCUT2D eigenvalue weighted by Crippen LogP contribution is 2.47. The van der Waals surface area contributed by atoms with Crippen LogP contribution in [0.2, 0.25) is 0 Å². The minimum Gasteiger partial charge on any atom is -0.408 e. The van der Waals surface area contributed by atoms with Crippen LogP contribution in [0.3, 0.4) is 0 Å². The van der Waals surface area contributed by atoms with Crippen LogP contribution in [0.5, 0.6) is 5.88 Å². The first-order chi connectivity index (χ1) is 13.9. The van der Waals surface area contributed by atoms with Crippen LogP contribution in [0, 0.1) is 0 Å². The number of esters is 1. The summed E-state index contributed by atoms with van der Waals surface area (Å²) in [6.07, 6.45) is -9.46. The van der Waals surface area contributed by atoms with Gasteiger partial charge in [-0.3, -0.25) is 4.79 Å². The summed E-state index contributed by atoms with van der Waals surface area (Å²) < 4.78 is 86.7. The minimum absolute atomic E-state index is 0.000759. The van der Waals surface area contributed by atoms with Gasteiger partial charge in [-0.15, -0.1) is 0 Å². The number of pyridine rings is 1. The average molecular weight is 436 g/mol. The molecule has 2 aromatic rings. The van der Waals surface area contributed by atoms with E-state index in [2.05, 4.69) is 4.98 Å². The monoisotopic (exact) mass is 436 g/mol. The van der Waals surface area contributed by atoms with Gasteiger partial charge in [-0.25, -0.2) is 4.98 Å². The molecule has 1 N–H and O–H groups in total. The Morgan fingerprint density at radius 1 is 1.20 bits per heavy atom. The van der Waals surface area contributed by atoms with Crippen molar-refractivity contribution in [1.82, 2.24) is 9.55 Å². The summed E-state index contributed by atoms with van der Waals surface area (Å²) in [5.41, 5.74) is -1.45. The van der Waals surface area contributed by atoms with E-state index in [1.165, 1.54) is 0 Å². The number of nitrogens with zero attached hydrogens (tertiary/aromatic N) is 2. The number of aryl methyl sites for hydroxylation is 1. The molecular formula is C19H18F6N2O3. The van der Waals surface area contributed by atoms with Crippen molar-refractivity contribution in [3.8, 4) is 17.0 Å². The topological polar surface area (TPSA) is 64.3 Å². The Bertz CT molecular complexity index is 992. The van der Waals surface area contributed by atoms with E-state index in [0.29, 0.717) is 6.07 Å². The van der Waals surface area contributed by atoms with Crippen molar-refractivity contribution in [2.24, 2.45) is 0 Å². The van der Waals surface area contributed by atoms with E-state index in [9.17, 15) is 36.2 Å². The summed E-state index contributed by atoms with van der Waals surface area (Å²) in [4.78, 5) is 15.2. The Morgan fingerprint density at radius 3 is 2.37 bits per heavy atom. The number of ether oxygens (including phenoxy) is 1. The Balaban J connectivity index is 2.35. The summed E-state index contributed by atoms with van der Waals surface area (Å²) in [6, 6.07) is 0.559. The zero-order chi connectivity index (χ0) is 22.4. The average Bonchev–Trinajstić information content (AvgIpc) is 2.90. The number of alkyl halides is 6. The molecule has 2 aromatic heterocycles. The van der Waals surface area contributed by atoms with Crippen LogP contribution >= 0.6 is 0 Å². The van der Waals surface area contributed by atoms with E-state index in [-0.39, 0.29) is 53.0 Å². The maximum atomic E-state index is 13.9. The SMILES string of the molecule is CCc1c(CO)c2c(n1CC(F)(F)F)CCc1nc(OC(C)=O)cc(C(F)(F)F)c1-2. The van der Waals surface area contributed by atoms with Crippen molar-refractivity contribution in [3.05, 3.63) is 34.3 Å². The number of carbonyl (C=O) groups excluding carboxylic acids is 1. The molecule has 0 unspecified atom stereocenters. The van der Waals surface area contributed by atoms with Crippen LogP contribution in [-0.4, -0.2) is 26.8 Å². The van der Waals surface area contributed by atoms with E-state index in [1.54, 1.807) is 6.92 Å². The third-order valence-corrected chi connectivity index (χ3v) is 4.89. The number of rotatable bonds is 4. The summed E-state index contributed by atoms with van der Waals surface area (Å²) in [5.74, 6) is -1.39. The van der Waals surface area contributed by atoms with Crippen molar-refractivity contribution in [2.75, 3.05) is 0 Å². The van der Waals surface area contributed by atoms with Gasteiger partial charge in [0.1, 0.15) is 6.54 Å². The summed E-state index contributed by atoms with van der Waals surface area (Å²) in [5, 5.41) is 9.84. The lowest BCUT2D eigenvalue weighted by Gasteiger charge is -2.24. The lowest BCUT2D eigenvalue weighted by Crippen LogP contribution is -2.23. The molecule has 0 saturated heterocycles. The van der Waals surface area contributed by atoms with E-state index in [0.717, 1.165) is 11.5 Å². The van der Waals surface area contributed by atoms with Gasteiger partial charge in [-0.1, -0.05) is 6.92 Å². The van der Waals surface area contributed by atoms with Crippen molar-refractivity contribution in [2.45, 2.75) is 58.6 Å². The summed E-state index contributed by atoms with van der Waals surface area (Å²) >= 11 is 0. The molecule has 0 amide bonds. The Hall–Kier alpha value is -2.56. The Labute approximate surface area is 167 Å². The Kier molecular flexibility index (Phi) is 5.61. The van der Waals surface area contributed by atoms with Crippen molar-refractivity contribution in [1.29, 1.82) is 0 Å². The number of halogens is 6. The highest BCUT2D eigenvalue weighted by Gasteiger charge is 2.41. The van der Waals surface area contributed by atoms with Crippen LogP contribution in [0.4, 0.5) is 26.3 Å². The molecule has 164 valence electrons. The highest BCUT2D eigenvalue weighted by atomic mass is 19.4. The van der Waals surface area contributed by atoms with E-state index < -0.39 is 42.9 Å².